The molecule has 4 heteroatoms. The molecule has 0 bridgehead atoms. The summed E-state index contributed by atoms with van der Waals surface area (Å²) < 4.78 is 14.5. The maximum atomic E-state index is 14.5. The third-order valence-electron chi connectivity index (χ3n) is 5.52. The van der Waals surface area contributed by atoms with Gasteiger partial charge >= 0.3 is 0 Å². The van der Waals surface area contributed by atoms with Gasteiger partial charge in [-0.3, -0.25) is 4.79 Å². The number of carbonyl (C=O) groups is 1. The number of rotatable bonds is 4. The molecular formula is C23H22NO2P. The van der Waals surface area contributed by atoms with E-state index in [4.69, 9.17) is 0 Å². The van der Waals surface area contributed by atoms with Gasteiger partial charge in [0.2, 0.25) is 5.91 Å². The molecule has 0 radical (unpaired) electrons. The highest BCUT2D eigenvalue weighted by Gasteiger charge is 2.50. The van der Waals surface area contributed by atoms with E-state index in [-0.39, 0.29) is 12.1 Å². The van der Waals surface area contributed by atoms with Gasteiger partial charge in [0.25, 0.3) is 0 Å². The van der Waals surface area contributed by atoms with Crippen LogP contribution in [-0.2, 0) is 14.8 Å². The van der Waals surface area contributed by atoms with Crippen LogP contribution >= 0.6 is 7.14 Å². The van der Waals surface area contributed by atoms with Crippen LogP contribution in [0, 0.1) is 0 Å². The molecule has 0 aromatic heterocycles. The summed E-state index contributed by atoms with van der Waals surface area (Å²) in [6.07, 6.45) is 0.272. The van der Waals surface area contributed by atoms with Gasteiger partial charge in [0.1, 0.15) is 7.14 Å². The molecule has 1 atom stereocenters. The van der Waals surface area contributed by atoms with Crippen LogP contribution in [0.2, 0.25) is 0 Å². The number of amides is 1. The Morgan fingerprint density at radius 3 is 1.85 bits per heavy atom. The summed E-state index contributed by atoms with van der Waals surface area (Å²) in [5.41, 5.74) is 1.02. The molecule has 3 aromatic carbocycles. The molecule has 1 unspecified atom stereocenters. The Balaban J connectivity index is 1.89. The topological polar surface area (TPSA) is 37.4 Å². The summed E-state index contributed by atoms with van der Waals surface area (Å²) >= 11 is 0. The molecule has 1 aliphatic rings. The van der Waals surface area contributed by atoms with Crippen molar-refractivity contribution in [2.24, 2.45) is 0 Å². The fourth-order valence-corrected chi connectivity index (χ4v) is 7.26. The van der Waals surface area contributed by atoms with Crippen molar-refractivity contribution in [1.82, 2.24) is 0 Å². The SMILES string of the molecule is CN1C(=O)C(C)(CP(=O)(c2ccccc2)c2ccccc2)c2ccccc21. The predicted molar refractivity (Wildman–Crippen MR) is 112 cm³/mol. The van der Waals surface area contributed by atoms with Gasteiger partial charge in [-0.1, -0.05) is 78.9 Å². The van der Waals surface area contributed by atoms with Gasteiger partial charge in [0, 0.05) is 29.5 Å². The van der Waals surface area contributed by atoms with Crippen molar-refractivity contribution in [1.29, 1.82) is 0 Å². The number of anilines is 1. The number of benzene rings is 3. The number of nitrogens with zero attached hydrogens (tertiary/aromatic N) is 1. The summed E-state index contributed by atoms with van der Waals surface area (Å²) in [5, 5.41) is 1.58. The van der Waals surface area contributed by atoms with Crippen LogP contribution in [0.4, 0.5) is 5.69 Å². The fourth-order valence-electron chi connectivity index (χ4n) is 4.09. The number of hydrogen-bond donors (Lipinski definition) is 0. The molecule has 136 valence electrons. The Hall–Kier alpha value is -2.64. The minimum absolute atomic E-state index is 0.00390. The van der Waals surface area contributed by atoms with Gasteiger partial charge in [0.15, 0.2) is 0 Å². The van der Waals surface area contributed by atoms with E-state index < -0.39 is 12.6 Å². The first-order valence-electron chi connectivity index (χ1n) is 9.05. The van der Waals surface area contributed by atoms with Gasteiger partial charge in [-0.05, 0) is 18.6 Å². The van der Waals surface area contributed by atoms with Crippen LogP contribution in [0.3, 0.4) is 0 Å². The van der Waals surface area contributed by atoms with E-state index in [0.717, 1.165) is 21.9 Å². The third kappa shape index (κ3) is 2.74. The summed E-state index contributed by atoms with van der Waals surface area (Å²) in [5.74, 6) is -0.00390. The minimum atomic E-state index is -3.01. The molecule has 0 saturated heterocycles. The van der Waals surface area contributed by atoms with E-state index in [2.05, 4.69) is 0 Å². The molecular weight excluding hydrogens is 353 g/mol. The lowest BCUT2D eigenvalue weighted by Gasteiger charge is -2.29. The number of hydrogen-bond acceptors (Lipinski definition) is 2. The van der Waals surface area contributed by atoms with Gasteiger partial charge in [-0.25, -0.2) is 0 Å². The average Bonchev–Trinajstić information content (AvgIpc) is 2.91. The molecule has 0 aliphatic carbocycles. The molecule has 0 fully saturated rings. The normalized spacial score (nSPS) is 19.2. The first-order chi connectivity index (χ1) is 13.0. The molecule has 1 heterocycles. The second kappa shape index (κ2) is 6.51. The standard InChI is InChI=1S/C23H22NO2P/c1-23(20-15-9-10-16-21(20)24(2)22(23)25)17-27(26,18-11-5-3-6-12-18)19-13-7-4-8-14-19/h3-16H,17H2,1-2H3. The maximum absolute atomic E-state index is 14.5. The lowest BCUT2D eigenvalue weighted by Crippen LogP contribution is -2.41. The van der Waals surface area contributed by atoms with Crippen molar-refractivity contribution in [3.8, 4) is 0 Å². The van der Waals surface area contributed by atoms with Crippen LogP contribution in [0.1, 0.15) is 12.5 Å². The second-order valence-electron chi connectivity index (χ2n) is 7.28. The molecule has 1 amide bonds. The Labute approximate surface area is 160 Å². The van der Waals surface area contributed by atoms with Crippen molar-refractivity contribution < 1.29 is 9.36 Å². The summed E-state index contributed by atoms with van der Waals surface area (Å²) in [4.78, 5) is 14.9. The summed E-state index contributed by atoms with van der Waals surface area (Å²) in [6, 6.07) is 26.9. The molecule has 3 aromatic rings. The van der Waals surface area contributed by atoms with Crippen molar-refractivity contribution in [2.75, 3.05) is 18.1 Å². The van der Waals surface area contributed by atoms with E-state index in [9.17, 15) is 9.36 Å². The van der Waals surface area contributed by atoms with Crippen LogP contribution in [0.15, 0.2) is 84.9 Å². The van der Waals surface area contributed by atoms with Crippen molar-refractivity contribution in [2.45, 2.75) is 12.3 Å². The molecule has 1 aliphatic heterocycles. The first kappa shape index (κ1) is 17.8. The quantitative estimate of drug-likeness (QED) is 0.648. The number of carbonyl (C=O) groups excluding carboxylic acids is 1. The molecule has 0 spiro atoms. The summed E-state index contributed by atoms with van der Waals surface area (Å²) in [6.45, 7) is 1.93. The van der Waals surface area contributed by atoms with Crippen molar-refractivity contribution >= 4 is 29.3 Å². The Morgan fingerprint density at radius 2 is 1.30 bits per heavy atom. The van der Waals surface area contributed by atoms with E-state index in [0.29, 0.717) is 0 Å². The first-order valence-corrected chi connectivity index (χ1v) is 10.9. The smallest absolute Gasteiger partial charge is 0.237 e. The van der Waals surface area contributed by atoms with Gasteiger partial charge in [-0.15, -0.1) is 0 Å². The van der Waals surface area contributed by atoms with Crippen LogP contribution in [0.5, 0.6) is 0 Å². The highest BCUT2D eigenvalue weighted by Crippen LogP contribution is 2.53. The second-order valence-corrected chi connectivity index (χ2v) is 10.1. The number of para-hydroxylation sites is 1. The van der Waals surface area contributed by atoms with E-state index in [1.807, 2.05) is 91.9 Å². The molecule has 0 saturated carbocycles. The monoisotopic (exact) mass is 375 g/mol. The van der Waals surface area contributed by atoms with Gasteiger partial charge in [-0.2, -0.15) is 0 Å². The highest BCUT2D eigenvalue weighted by molar-refractivity contribution is 7.78. The Morgan fingerprint density at radius 1 is 0.815 bits per heavy atom. The molecule has 0 N–H and O–H groups in total. The summed E-state index contributed by atoms with van der Waals surface area (Å²) in [7, 11) is -1.21. The van der Waals surface area contributed by atoms with Crippen molar-refractivity contribution in [3.63, 3.8) is 0 Å². The maximum Gasteiger partial charge on any atom is 0.237 e. The number of likely N-dealkylation sites (N-methyl/N-ethyl adjacent to an activating group) is 1. The highest BCUT2D eigenvalue weighted by atomic mass is 31.2. The Bertz CT molecular complexity index is 989. The Kier molecular flexibility index (Phi) is 4.28. The molecule has 3 nitrogen and oxygen atoms in total. The fraction of sp³-hybridized carbons (Fsp3) is 0.174. The molecule has 4 rings (SSSR count). The average molecular weight is 375 g/mol. The van der Waals surface area contributed by atoms with E-state index in [1.165, 1.54) is 0 Å². The number of fused-ring (bicyclic) bond motifs is 1. The van der Waals surface area contributed by atoms with Crippen LogP contribution < -0.4 is 15.5 Å². The zero-order valence-electron chi connectivity index (χ0n) is 15.5. The zero-order chi connectivity index (χ0) is 19.1. The third-order valence-corrected chi connectivity index (χ3v) is 8.86. The van der Waals surface area contributed by atoms with Gasteiger partial charge < -0.3 is 9.46 Å². The van der Waals surface area contributed by atoms with Crippen LogP contribution in [-0.4, -0.2) is 19.1 Å². The largest absolute Gasteiger partial charge is 0.314 e. The zero-order valence-corrected chi connectivity index (χ0v) is 16.4. The van der Waals surface area contributed by atoms with E-state index >= 15 is 0 Å². The molecule has 27 heavy (non-hydrogen) atoms. The predicted octanol–water partition coefficient (Wildman–Crippen LogP) is 3.93. The van der Waals surface area contributed by atoms with Gasteiger partial charge in [0.05, 0.1) is 5.41 Å². The lowest BCUT2D eigenvalue weighted by atomic mass is 9.86. The van der Waals surface area contributed by atoms with Crippen LogP contribution in [0.25, 0.3) is 0 Å². The van der Waals surface area contributed by atoms with Crippen molar-refractivity contribution in [3.05, 3.63) is 90.5 Å². The van der Waals surface area contributed by atoms with E-state index in [1.54, 1.807) is 11.9 Å². The lowest BCUT2D eigenvalue weighted by molar-refractivity contribution is -0.121. The minimum Gasteiger partial charge on any atom is -0.314 e.